The average Bonchev–Trinajstić information content (AvgIpc) is 3.12. The number of carbonyl (C=O) groups is 2. The second kappa shape index (κ2) is 7.14. The fourth-order valence-corrected chi connectivity index (χ4v) is 4.64. The molecule has 2 saturated heterocycles. The summed E-state index contributed by atoms with van der Waals surface area (Å²) in [5, 5.41) is 2.72. The standard InChI is InChI=1S/C15H21N3O6S/c1-23-15(20)11-7-14(24-10-11)25(21,22)17-5-2-3-12(9-17)18-6-4-16-8-13(18)19/h7,10,12,16H,2-6,8-9H2,1H3. The summed E-state index contributed by atoms with van der Waals surface area (Å²) in [6.07, 6.45) is 2.50. The van der Waals surface area contributed by atoms with Crippen LogP contribution in [0.5, 0.6) is 0 Å². The summed E-state index contributed by atoms with van der Waals surface area (Å²) < 4.78 is 36.5. The lowest BCUT2D eigenvalue weighted by molar-refractivity contribution is -0.135. The first-order valence-electron chi connectivity index (χ1n) is 8.10. The lowest BCUT2D eigenvalue weighted by Gasteiger charge is -2.40. The van der Waals surface area contributed by atoms with Gasteiger partial charge in [0.25, 0.3) is 10.0 Å². The number of nitrogens with zero attached hydrogens (tertiary/aromatic N) is 2. The van der Waals surface area contributed by atoms with Crippen molar-refractivity contribution >= 4 is 21.9 Å². The normalized spacial score (nSPS) is 22.8. The molecule has 0 saturated carbocycles. The summed E-state index contributed by atoms with van der Waals surface area (Å²) in [5.74, 6) is -0.672. The molecular weight excluding hydrogens is 350 g/mol. The van der Waals surface area contributed by atoms with Crippen LogP contribution in [0, 0.1) is 0 Å². The molecule has 0 spiro atoms. The number of methoxy groups -OCH3 is 1. The first kappa shape index (κ1) is 17.9. The van der Waals surface area contributed by atoms with Crippen LogP contribution in [0.1, 0.15) is 23.2 Å². The van der Waals surface area contributed by atoms with Crippen molar-refractivity contribution in [2.24, 2.45) is 0 Å². The highest BCUT2D eigenvalue weighted by molar-refractivity contribution is 7.89. The Hall–Kier alpha value is -1.91. The molecule has 3 rings (SSSR count). The molecular formula is C15H21N3O6S. The Balaban J connectivity index is 1.76. The van der Waals surface area contributed by atoms with Crippen LogP contribution < -0.4 is 5.32 Å². The first-order valence-corrected chi connectivity index (χ1v) is 9.54. The molecule has 0 aliphatic carbocycles. The molecule has 0 radical (unpaired) electrons. The smallest absolute Gasteiger partial charge is 0.341 e. The SMILES string of the molecule is COC(=O)c1coc(S(=O)(=O)N2CCCC(N3CCNCC3=O)C2)c1. The third kappa shape index (κ3) is 3.55. The van der Waals surface area contributed by atoms with E-state index in [1.54, 1.807) is 4.90 Å². The number of nitrogens with one attached hydrogen (secondary N) is 1. The molecule has 9 nitrogen and oxygen atoms in total. The Morgan fingerprint density at radius 1 is 1.40 bits per heavy atom. The summed E-state index contributed by atoms with van der Waals surface area (Å²) >= 11 is 0. The summed E-state index contributed by atoms with van der Waals surface area (Å²) in [7, 11) is -2.66. The number of ether oxygens (including phenoxy) is 1. The molecule has 1 aromatic rings. The van der Waals surface area contributed by atoms with Crippen molar-refractivity contribution in [2.75, 3.05) is 39.8 Å². The molecule has 25 heavy (non-hydrogen) atoms. The molecule has 2 aliphatic rings. The fourth-order valence-electron chi connectivity index (χ4n) is 3.20. The number of esters is 1. The van der Waals surface area contributed by atoms with Crippen LogP contribution in [0.2, 0.25) is 0 Å². The van der Waals surface area contributed by atoms with Crippen LogP contribution >= 0.6 is 0 Å². The van der Waals surface area contributed by atoms with Gasteiger partial charge in [-0.2, -0.15) is 4.31 Å². The van der Waals surface area contributed by atoms with Gasteiger partial charge in [-0.05, 0) is 12.8 Å². The zero-order valence-electron chi connectivity index (χ0n) is 13.9. The minimum atomic E-state index is -3.87. The number of hydrogen-bond donors (Lipinski definition) is 1. The number of hydrogen-bond acceptors (Lipinski definition) is 7. The van der Waals surface area contributed by atoms with Crippen molar-refractivity contribution in [3.05, 3.63) is 17.9 Å². The Labute approximate surface area is 145 Å². The highest BCUT2D eigenvalue weighted by atomic mass is 32.2. The molecule has 1 unspecified atom stereocenters. The molecule has 10 heteroatoms. The molecule has 0 aromatic carbocycles. The average molecular weight is 371 g/mol. The van der Waals surface area contributed by atoms with Crippen molar-refractivity contribution in [3.8, 4) is 0 Å². The van der Waals surface area contributed by atoms with E-state index in [-0.39, 0.29) is 35.7 Å². The quantitative estimate of drug-likeness (QED) is 0.721. The number of piperidine rings is 1. The fraction of sp³-hybridized carbons (Fsp3) is 0.600. The molecule has 1 N–H and O–H groups in total. The van der Waals surface area contributed by atoms with Crippen LogP contribution in [-0.4, -0.2) is 75.4 Å². The van der Waals surface area contributed by atoms with E-state index in [1.807, 2.05) is 0 Å². The maximum atomic E-state index is 12.8. The van der Waals surface area contributed by atoms with E-state index in [9.17, 15) is 18.0 Å². The Morgan fingerprint density at radius 3 is 2.92 bits per heavy atom. The van der Waals surface area contributed by atoms with Gasteiger partial charge in [-0.15, -0.1) is 0 Å². The molecule has 1 atom stereocenters. The molecule has 2 fully saturated rings. The van der Waals surface area contributed by atoms with Gasteiger partial charge in [0, 0.05) is 38.3 Å². The topological polar surface area (TPSA) is 109 Å². The van der Waals surface area contributed by atoms with E-state index in [0.717, 1.165) is 12.7 Å². The van der Waals surface area contributed by atoms with E-state index in [4.69, 9.17) is 4.42 Å². The monoisotopic (exact) mass is 371 g/mol. The summed E-state index contributed by atoms with van der Waals surface area (Å²) in [5.41, 5.74) is 0.0481. The van der Waals surface area contributed by atoms with Gasteiger partial charge < -0.3 is 19.4 Å². The summed E-state index contributed by atoms with van der Waals surface area (Å²) in [6, 6.07) is 1.02. The van der Waals surface area contributed by atoms with E-state index in [0.29, 0.717) is 26.1 Å². The summed E-state index contributed by atoms with van der Waals surface area (Å²) in [4.78, 5) is 25.3. The predicted molar refractivity (Wildman–Crippen MR) is 86.4 cm³/mol. The van der Waals surface area contributed by atoms with Gasteiger partial charge in [0.2, 0.25) is 11.0 Å². The first-order chi connectivity index (χ1) is 11.9. The lowest BCUT2D eigenvalue weighted by atomic mass is 10.1. The van der Waals surface area contributed by atoms with Crippen LogP contribution in [0.15, 0.2) is 21.8 Å². The van der Waals surface area contributed by atoms with Crippen LogP contribution in [0.3, 0.4) is 0 Å². The van der Waals surface area contributed by atoms with Gasteiger partial charge in [0.1, 0.15) is 6.26 Å². The van der Waals surface area contributed by atoms with Crippen molar-refractivity contribution in [1.82, 2.24) is 14.5 Å². The van der Waals surface area contributed by atoms with Crippen molar-refractivity contribution in [2.45, 2.75) is 24.0 Å². The minimum Gasteiger partial charge on any atom is -0.465 e. The number of furan rings is 1. The van der Waals surface area contributed by atoms with Crippen LogP contribution in [-0.2, 0) is 19.6 Å². The zero-order valence-corrected chi connectivity index (χ0v) is 14.8. The third-order valence-corrected chi connectivity index (χ3v) is 6.25. The van der Waals surface area contributed by atoms with Crippen molar-refractivity contribution in [1.29, 1.82) is 0 Å². The highest BCUT2D eigenvalue weighted by Crippen LogP contribution is 2.25. The highest BCUT2D eigenvalue weighted by Gasteiger charge is 2.36. The van der Waals surface area contributed by atoms with Crippen LogP contribution in [0.4, 0.5) is 0 Å². The molecule has 1 amide bonds. The Kier molecular flexibility index (Phi) is 5.11. The maximum absolute atomic E-state index is 12.8. The van der Waals surface area contributed by atoms with Gasteiger partial charge in [-0.25, -0.2) is 13.2 Å². The second-order valence-electron chi connectivity index (χ2n) is 6.07. The van der Waals surface area contributed by atoms with Crippen molar-refractivity contribution < 1.29 is 27.2 Å². The molecule has 3 heterocycles. The number of rotatable bonds is 4. The third-order valence-electron chi connectivity index (χ3n) is 4.52. The van der Waals surface area contributed by atoms with Gasteiger partial charge in [-0.3, -0.25) is 4.79 Å². The largest absolute Gasteiger partial charge is 0.465 e. The van der Waals surface area contributed by atoms with Gasteiger partial charge in [-0.1, -0.05) is 0 Å². The number of amides is 1. The van der Waals surface area contributed by atoms with Gasteiger partial charge >= 0.3 is 5.97 Å². The Morgan fingerprint density at radius 2 is 2.20 bits per heavy atom. The number of sulfonamides is 1. The molecule has 0 bridgehead atoms. The van der Waals surface area contributed by atoms with E-state index < -0.39 is 16.0 Å². The molecule has 2 aliphatic heterocycles. The second-order valence-corrected chi connectivity index (χ2v) is 7.94. The molecule has 138 valence electrons. The van der Waals surface area contributed by atoms with Crippen LogP contribution in [0.25, 0.3) is 0 Å². The maximum Gasteiger partial charge on any atom is 0.341 e. The number of carbonyl (C=O) groups excluding carboxylic acids is 2. The zero-order chi connectivity index (χ0) is 18.0. The summed E-state index contributed by atoms with van der Waals surface area (Å²) in [6.45, 7) is 2.14. The number of piperazine rings is 1. The van der Waals surface area contributed by atoms with Crippen molar-refractivity contribution in [3.63, 3.8) is 0 Å². The van der Waals surface area contributed by atoms with Gasteiger partial charge in [0.15, 0.2) is 0 Å². The van der Waals surface area contributed by atoms with E-state index in [1.165, 1.54) is 17.5 Å². The van der Waals surface area contributed by atoms with Gasteiger partial charge in [0.05, 0.1) is 19.2 Å². The Bertz CT molecular complexity index is 759. The van der Waals surface area contributed by atoms with E-state index in [2.05, 4.69) is 10.1 Å². The predicted octanol–water partition coefficient (Wildman–Crippen LogP) is -0.349. The van der Waals surface area contributed by atoms with E-state index >= 15 is 0 Å². The lowest BCUT2D eigenvalue weighted by Crippen LogP contribution is -2.57. The molecule has 1 aromatic heterocycles. The minimum absolute atomic E-state index is 0.0125.